The second-order valence-electron chi connectivity index (χ2n) is 7.96. The highest BCUT2D eigenvalue weighted by molar-refractivity contribution is 7.99. The lowest BCUT2D eigenvalue weighted by Gasteiger charge is -2.18. The van der Waals surface area contributed by atoms with Gasteiger partial charge in [0.1, 0.15) is 0 Å². The van der Waals surface area contributed by atoms with Crippen LogP contribution in [0.2, 0.25) is 0 Å². The maximum atomic E-state index is 12.9. The van der Waals surface area contributed by atoms with Crippen molar-refractivity contribution in [2.24, 2.45) is 0 Å². The minimum absolute atomic E-state index is 0.0675. The Morgan fingerprint density at radius 3 is 2.35 bits per heavy atom. The number of nitrogens with one attached hydrogen (secondary N) is 1. The summed E-state index contributed by atoms with van der Waals surface area (Å²) >= 11 is 1.20. The summed E-state index contributed by atoms with van der Waals surface area (Å²) < 4.78 is 1.60. The van der Waals surface area contributed by atoms with Crippen LogP contribution in [0.4, 0.5) is 5.69 Å². The van der Waals surface area contributed by atoms with E-state index >= 15 is 0 Å². The van der Waals surface area contributed by atoms with E-state index in [1.165, 1.54) is 11.8 Å². The Morgan fingerprint density at radius 2 is 1.62 bits per heavy atom. The number of hydrogen-bond donors (Lipinski definition) is 1. The number of benzene rings is 3. The van der Waals surface area contributed by atoms with Crippen LogP contribution in [-0.4, -0.2) is 43.4 Å². The zero-order chi connectivity index (χ0) is 23.8. The Labute approximate surface area is 199 Å². The number of carbonyl (C=O) groups excluding carboxylic acids is 3. The first-order chi connectivity index (χ1) is 16.4. The van der Waals surface area contributed by atoms with Gasteiger partial charge in [-0.2, -0.15) is 4.68 Å². The van der Waals surface area contributed by atoms with Crippen LogP contribution < -0.4 is 5.32 Å². The van der Waals surface area contributed by atoms with Crippen molar-refractivity contribution in [3.63, 3.8) is 0 Å². The first kappa shape index (κ1) is 21.7. The van der Waals surface area contributed by atoms with Crippen LogP contribution in [-0.2, 0) is 4.79 Å². The van der Waals surface area contributed by atoms with Crippen molar-refractivity contribution in [2.75, 3.05) is 11.1 Å². The lowest BCUT2D eigenvalue weighted by Crippen LogP contribution is -2.21. The van der Waals surface area contributed by atoms with E-state index in [0.29, 0.717) is 27.5 Å². The molecular weight excluding hydrogens is 450 g/mol. The summed E-state index contributed by atoms with van der Waals surface area (Å²) in [6.07, 6.45) is 0. The zero-order valence-corrected chi connectivity index (χ0v) is 19.2. The van der Waals surface area contributed by atoms with Crippen molar-refractivity contribution in [3.05, 3.63) is 94.0 Å². The maximum Gasteiger partial charge on any atom is 0.234 e. The molecule has 1 amide bonds. The molecule has 1 aliphatic carbocycles. The minimum atomic E-state index is -0.282. The number of aryl methyl sites for hydroxylation is 2. The molecule has 0 saturated carbocycles. The van der Waals surface area contributed by atoms with Crippen molar-refractivity contribution >= 4 is 34.9 Å². The molecule has 5 rings (SSSR count). The molecule has 3 aromatic carbocycles. The highest BCUT2D eigenvalue weighted by Crippen LogP contribution is 2.29. The molecular formula is C25H19N5O3S. The van der Waals surface area contributed by atoms with Gasteiger partial charge in [-0.15, -0.1) is 5.10 Å². The number of carbonyl (C=O) groups is 3. The van der Waals surface area contributed by atoms with E-state index < -0.39 is 0 Å². The molecule has 168 valence electrons. The zero-order valence-electron chi connectivity index (χ0n) is 18.4. The quantitative estimate of drug-likeness (QED) is 0.390. The van der Waals surface area contributed by atoms with Gasteiger partial charge in [-0.05, 0) is 54.1 Å². The fourth-order valence-electron chi connectivity index (χ4n) is 3.97. The Bertz CT molecular complexity index is 1480. The predicted molar refractivity (Wildman–Crippen MR) is 128 cm³/mol. The van der Waals surface area contributed by atoms with E-state index in [-0.39, 0.29) is 28.8 Å². The number of aromatic nitrogens is 4. The summed E-state index contributed by atoms with van der Waals surface area (Å²) in [4.78, 5) is 38.3. The lowest BCUT2D eigenvalue weighted by molar-refractivity contribution is -0.113. The van der Waals surface area contributed by atoms with E-state index in [0.717, 1.165) is 16.8 Å². The average molecular weight is 470 g/mol. The van der Waals surface area contributed by atoms with Crippen LogP contribution in [0.1, 0.15) is 43.0 Å². The Balaban J connectivity index is 1.30. The van der Waals surface area contributed by atoms with Gasteiger partial charge in [0.25, 0.3) is 0 Å². The summed E-state index contributed by atoms with van der Waals surface area (Å²) in [6, 6.07) is 17.5. The molecule has 0 atom stereocenters. The van der Waals surface area contributed by atoms with Gasteiger partial charge in [0.2, 0.25) is 11.1 Å². The number of nitrogens with zero attached hydrogens (tertiary/aromatic N) is 4. The van der Waals surface area contributed by atoms with Gasteiger partial charge < -0.3 is 5.32 Å². The van der Waals surface area contributed by atoms with Crippen LogP contribution in [0.25, 0.3) is 5.69 Å². The molecule has 8 nitrogen and oxygen atoms in total. The van der Waals surface area contributed by atoms with E-state index in [2.05, 4.69) is 20.8 Å². The first-order valence-electron chi connectivity index (χ1n) is 10.5. The van der Waals surface area contributed by atoms with Gasteiger partial charge in [-0.3, -0.25) is 14.4 Å². The van der Waals surface area contributed by atoms with Crippen molar-refractivity contribution in [1.82, 2.24) is 20.2 Å². The monoisotopic (exact) mass is 469 g/mol. The molecule has 34 heavy (non-hydrogen) atoms. The number of fused-ring (bicyclic) bond motifs is 2. The molecule has 9 heteroatoms. The van der Waals surface area contributed by atoms with Crippen molar-refractivity contribution < 1.29 is 14.4 Å². The number of amides is 1. The number of thioether (sulfide) groups is 1. The molecule has 4 aromatic rings. The van der Waals surface area contributed by atoms with Crippen molar-refractivity contribution in [1.29, 1.82) is 0 Å². The SMILES string of the molecule is Cc1ccc(-n2nnnc2SCC(=O)Nc2ccc3c(c2)C(=O)c2ccccc2C3=O)c(C)c1. The molecule has 1 aliphatic rings. The highest BCUT2D eigenvalue weighted by atomic mass is 32.2. The topological polar surface area (TPSA) is 107 Å². The number of rotatable bonds is 5. The van der Waals surface area contributed by atoms with Crippen LogP contribution >= 0.6 is 11.8 Å². The normalized spacial score (nSPS) is 12.3. The van der Waals surface area contributed by atoms with Crippen molar-refractivity contribution in [2.45, 2.75) is 19.0 Å². The van der Waals surface area contributed by atoms with Crippen LogP contribution in [0, 0.1) is 13.8 Å². The summed E-state index contributed by atoms with van der Waals surface area (Å²) in [5, 5.41) is 15.1. The highest BCUT2D eigenvalue weighted by Gasteiger charge is 2.29. The molecule has 1 aromatic heterocycles. The van der Waals surface area contributed by atoms with E-state index in [1.54, 1.807) is 47.1 Å². The smallest absolute Gasteiger partial charge is 0.234 e. The maximum absolute atomic E-state index is 12.9. The number of tetrazole rings is 1. The van der Waals surface area contributed by atoms with Gasteiger partial charge in [-0.25, -0.2) is 0 Å². The van der Waals surface area contributed by atoms with Gasteiger partial charge >= 0.3 is 0 Å². The second-order valence-corrected chi connectivity index (χ2v) is 8.91. The molecule has 1 N–H and O–H groups in total. The molecule has 0 saturated heterocycles. The average Bonchev–Trinajstić information content (AvgIpc) is 3.29. The summed E-state index contributed by atoms with van der Waals surface area (Å²) in [7, 11) is 0. The number of hydrogen-bond acceptors (Lipinski definition) is 7. The molecule has 1 heterocycles. The fourth-order valence-corrected chi connectivity index (χ4v) is 4.65. The van der Waals surface area contributed by atoms with Crippen LogP contribution in [0.5, 0.6) is 0 Å². The molecule has 0 spiro atoms. The predicted octanol–water partition coefficient (Wildman–Crippen LogP) is 3.79. The van der Waals surface area contributed by atoms with Crippen LogP contribution in [0.15, 0.2) is 65.8 Å². The van der Waals surface area contributed by atoms with Crippen LogP contribution in [0.3, 0.4) is 0 Å². The Kier molecular flexibility index (Phi) is 5.54. The van der Waals surface area contributed by atoms with Gasteiger partial charge in [-0.1, -0.05) is 53.7 Å². The molecule has 0 fully saturated rings. The van der Waals surface area contributed by atoms with Crippen molar-refractivity contribution in [3.8, 4) is 5.69 Å². The largest absolute Gasteiger partial charge is 0.325 e. The van der Waals surface area contributed by atoms with E-state index in [9.17, 15) is 14.4 Å². The summed E-state index contributed by atoms with van der Waals surface area (Å²) in [6.45, 7) is 3.99. The van der Waals surface area contributed by atoms with Gasteiger partial charge in [0.15, 0.2) is 11.6 Å². The third-order valence-electron chi connectivity index (χ3n) is 5.56. The van der Waals surface area contributed by atoms with E-state index in [4.69, 9.17) is 0 Å². The van der Waals surface area contributed by atoms with Gasteiger partial charge in [0, 0.05) is 27.9 Å². The minimum Gasteiger partial charge on any atom is -0.325 e. The Morgan fingerprint density at radius 1 is 0.912 bits per heavy atom. The molecule has 0 radical (unpaired) electrons. The standard InChI is InChI=1S/C25H19N5O3S/c1-14-7-10-21(15(2)11-14)30-25(27-28-29-30)34-13-22(31)26-16-8-9-19-20(12-16)24(33)18-6-4-3-5-17(18)23(19)32/h3-12H,13H2,1-2H3,(H,26,31). The van der Waals surface area contributed by atoms with Gasteiger partial charge in [0.05, 0.1) is 11.4 Å². The lowest BCUT2D eigenvalue weighted by atomic mass is 9.84. The molecule has 0 unspecified atom stereocenters. The summed E-state index contributed by atoms with van der Waals surface area (Å²) in [5.41, 5.74) is 4.84. The Hall–Kier alpha value is -4.11. The molecule has 0 bridgehead atoms. The molecule has 0 aliphatic heterocycles. The second kappa shape index (κ2) is 8.68. The van der Waals surface area contributed by atoms with E-state index in [1.807, 2.05) is 32.0 Å². The third kappa shape index (κ3) is 3.90. The third-order valence-corrected chi connectivity index (χ3v) is 6.48. The number of anilines is 1. The fraction of sp³-hybridized carbons (Fsp3) is 0.120. The number of ketones is 2. The first-order valence-corrected chi connectivity index (χ1v) is 11.5. The summed E-state index contributed by atoms with van der Waals surface area (Å²) in [5.74, 6) is -0.645.